The summed E-state index contributed by atoms with van der Waals surface area (Å²) in [7, 11) is 0. The molecule has 0 aromatic carbocycles. The quantitative estimate of drug-likeness (QED) is 0.812. The number of rotatable bonds is 1. The van der Waals surface area contributed by atoms with Crippen LogP contribution >= 0.6 is 11.8 Å². The zero-order valence-corrected chi connectivity index (χ0v) is 8.49. The van der Waals surface area contributed by atoms with E-state index in [1.165, 1.54) is 0 Å². The summed E-state index contributed by atoms with van der Waals surface area (Å²) in [5.41, 5.74) is 0.328. The van der Waals surface area contributed by atoms with Crippen LogP contribution in [0.1, 0.15) is 17.6 Å². The van der Waals surface area contributed by atoms with Gasteiger partial charge in [0.25, 0.3) is 0 Å². The Labute approximate surface area is 88.4 Å². The summed E-state index contributed by atoms with van der Waals surface area (Å²) in [6.45, 7) is 0.781. The lowest BCUT2D eigenvalue weighted by atomic mass is 10.2. The van der Waals surface area contributed by atoms with E-state index in [0.717, 1.165) is 24.3 Å². The van der Waals surface area contributed by atoms with Crippen molar-refractivity contribution >= 4 is 11.8 Å². The smallest absolute Gasteiger partial charge is 0.441 e. The normalized spacial score (nSPS) is 23.0. The van der Waals surface area contributed by atoms with Crippen LogP contribution in [0.4, 0.5) is 13.2 Å². The number of alkyl halides is 3. The summed E-state index contributed by atoms with van der Waals surface area (Å²) >= 11 is 1.69. The van der Waals surface area contributed by atoms with Gasteiger partial charge in [0.15, 0.2) is 0 Å². The fourth-order valence-electron chi connectivity index (χ4n) is 1.33. The molecule has 0 aliphatic carbocycles. The van der Waals surface area contributed by atoms with E-state index in [1.54, 1.807) is 11.8 Å². The molecule has 0 amide bonds. The highest BCUT2D eigenvalue weighted by Crippen LogP contribution is 2.30. The molecule has 1 saturated heterocycles. The third kappa shape index (κ3) is 2.46. The second kappa shape index (κ2) is 4.05. The van der Waals surface area contributed by atoms with E-state index in [1.807, 2.05) is 0 Å². The molecule has 1 aromatic heterocycles. The highest BCUT2D eigenvalue weighted by Gasteiger charge is 2.37. The molecule has 15 heavy (non-hydrogen) atoms. The van der Waals surface area contributed by atoms with Crippen molar-refractivity contribution in [2.24, 2.45) is 0 Å². The van der Waals surface area contributed by atoms with Crippen LogP contribution in [0.15, 0.2) is 10.7 Å². The molecule has 3 nitrogen and oxygen atoms in total. The van der Waals surface area contributed by atoms with Crippen molar-refractivity contribution in [2.45, 2.75) is 12.2 Å². The van der Waals surface area contributed by atoms with E-state index in [9.17, 15) is 13.2 Å². The van der Waals surface area contributed by atoms with E-state index >= 15 is 0 Å². The van der Waals surface area contributed by atoms with Gasteiger partial charge in [-0.05, 0) is 0 Å². The van der Waals surface area contributed by atoms with Gasteiger partial charge in [0.2, 0.25) is 0 Å². The molecule has 0 spiro atoms. The van der Waals surface area contributed by atoms with Gasteiger partial charge in [0, 0.05) is 18.1 Å². The second-order valence-corrected chi connectivity index (χ2v) is 4.31. The second-order valence-electron chi connectivity index (χ2n) is 3.16. The van der Waals surface area contributed by atoms with Crippen molar-refractivity contribution in [3.8, 4) is 0 Å². The zero-order valence-electron chi connectivity index (χ0n) is 7.67. The first-order valence-electron chi connectivity index (χ1n) is 4.41. The van der Waals surface area contributed by atoms with Crippen LogP contribution in [0.3, 0.4) is 0 Å². The molecule has 2 heterocycles. The number of aromatic nitrogens is 1. The first kappa shape index (κ1) is 10.8. The number of nitrogens with one attached hydrogen (secondary N) is 1. The minimum absolute atomic E-state index is 0.136. The molecule has 1 aromatic rings. The van der Waals surface area contributed by atoms with Crippen LogP contribution in [-0.4, -0.2) is 23.0 Å². The summed E-state index contributed by atoms with van der Waals surface area (Å²) in [6, 6.07) is -0.136. The number of hydrogen-bond acceptors (Lipinski definition) is 4. The highest BCUT2D eigenvalue weighted by molar-refractivity contribution is 7.99. The van der Waals surface area contributed by atoms with Crippen molar-refractivity contribution in [1.29, 1.82) is 0 Å². The Kier molecular flexibility index (Phi) is 2.92. The Hall–Kier alpha value is -0.690. The number of thioether (sulfide) groups is 1. The van der Waals surface area contributed by atoms with Crippen LogP contribution in [-0.2, 0) is 6.18 Å². The largest absolute Gasteiger partial charge is 0.468 e. The molecule has 84 valence electrons. The molecule has 1 aliphatic rings. The van der Waals surface area contributed by atoms with E-state index < -0.39 is 12.1 Å². The van der Waals surface area contributed by atoms with Gasteiger partial charge in [-0.1, -0.05) is 0 Å². The molecule has 2 rings (SSSR count). The van der Waals surface area contributed by atoms with Gasteiger partial charge in [-0.3, -0.25) is 0 Å². The Bertz CT molecular complexity index is 333. The lowest BCUT2D eigenvalue weighted by Gasteiger charge is -2.20. The van der Waals surface area contributed by atoms with Crippen LogP contribution < -0.4 is 5.32 Å². The van der Waals surface area contributed by atoms with Crippen molar-refractivity contribution in [1.82, 2.24) is 10.3 Å². The summed E-state index contributed by atoms with van der Waals surface area (Å²) in [4.78, 5) is 3.44. The summed E-state index contributed by atoms with van der Waals surface area (Å²) < 4.78 is 41.0. The number of oxazole rings is 1. The third-order valence-electron chi connectivity index (χ3n) is 2.04. The van der Waals surface area contributed by atoms with Gasteiger partial charge in [-0.15, -0.1) is 0 Å². The highest BCUT2D eigenvalue weighted by atomic mass is 32.2. The lowest BCUT2D eigenvalue weighted by Crippen LogP contribution is -2.30. The van der Waals surface area contributed by atoms with E-state index in [-0.39, 0.29) is 6.04 Å². The van der Waals surface area contributed by atoms with Gasteiger partial charge >= 0.3 is 12.1 Å². The van der Waals surface area contributed by atoms with E-state index in [2.05, 4.69) is 14.7 Å². The molecular weight excluding hydrogens is 229 g/mol. The van der Waals surface area contributed by atoms with Gasteiger partial charge in [0.1, 0.15) is 6.26 Å². The van der Waals surface area contributed by atoms with Crippen LogP contribution in [0.2, 0.25) is 0 Å². The molecule has 1 aliphatic heterocycles. The predicted octanol–water partition coefficient (Wildman–Crippen LogP) is 2.07. The zero-order chi connectivity index (χ0) is 10.9. The van der Waals surface area contributed by atoms with Gasteiger partial charge in [-0.2, -0.15) is 24.9 Å². The molecule has 1 fully saturated rings. The van der Waals surface area contributed by atoms with Crippen molar-refractivity contribution in [2.75, 3.05) is 18.1 Å². The van der Waals surface area contributed by atoms with Crippen LogP contribution in [0, 0.1) is 0 Å². The van der Waals surface area contributed by atoms with Gasteiger partial charge in [-0.25, -0.2) is 4.98 Å². The maximum Gasteiger partial charge on any atom is 0.468 e. The maximum atomic E-state index is 12.2. The Morgan fingerprint density at radius 3 is 2.87 bits per heavy atom. The first-order chi connectivity index (χ1) is 7.07. The molecular formula is C8H9F3N2OS. The third-order valence-corrected chi connectivity index (χ3v) is 3.10. The molecule has 0 bridgehead atoms. The fraction of sp³-hybridized carbons (Fsp3) is 0.625. The summed E-state index contributed by atoms with van der Waals surface area (Å²) in [5.74, 6) is 0.527. The molecule has 0 radical (unpaired) electrons. The molecule has 1 N–H and O–H groups in total. The SMILES string of the molecule is FC(F)(F)c1nc(C2CSCCN2)co1. The number of nitrogens with zero attached hydrogens (tertiary/aromatic N) is 1. The standard InChI is InChI=1S/C8H9F3N2OS/c9-8(10,11)7-13-5(3-14-7)6-4-15-2-1-12-6/h3,6,12H,1-2,4H2. The number of hydrogen-bond donors (Lipinski definition) is 1. The average Bonchev–Trinajstić information content (AvgIpc) is 2.67. The first-order valence-corrected chi connectivity index (χ1v) is 5.56. The molecule has 7 heteroatoms. The monoisotopic (exact) mass is 238 g/mol. The summed E-state index contributed by atoms with van der Waals surface area (Å²) in [6.07, 6.45) is -3.42. The minimum Gasteiger partial charge on any atom is -0.441 e. The van der Waals surface area contributed by atoms with E-state index in [0.29, 0.717) is 5.69 Å². The summed E-state index contributed by atoms with van der Waals surface area (Å²) in [5, 5.41) is 3.09. The van der Waals surface area contributed by atoms with Crippen molar-refractivity contribution in [3.63, 3.8) is 0 Å². The Balaban J connectivity index is 2.12. The van der Waals surface area contributed by atoms with Crippen molar-refractivity contribution < 1.29 is 17.6 Å². The fourth-order valence-corrected chi connectivity index (χ4v) is 2.28. The minimum atomic E-state index is -4.50. The molecule has 1 atom stereocenters. The van der Waals surface area contributed by atoms with Gasteiger partial charge < -0.3 is 9.73 Å². The topological polar surface area (TPSA) is 38.1 Å². The molecule has 1 unspecified atom stereocenters. The molecule has 0 saturated carbocycles. The number of halogens is 3. The maximum absolute atomic E-state index is 12.2. The van der Waals surface area contributed by atoms with Crippen LogP contribution in [0.5, 0.6) is 0 Å². The van der Waals surface area contributed by atoms with Crippen molar-refractivity contribution in [3.05, 3.63) is 17.8 Å². The van der Waals surface area contributed by atoms with E-state index in [4.69, 9.17) is 0 Å². The van der Waals surface area contributed by atoms with Gasteiger partial charge in [0.05, 0.1) is 11.7 Å². The Morgan fingerprint density at radius 1 is 1.53 bits per heavy atom. The lowest BCUT2D eigenvalue weighted by molar-refractivity contribution is -0.157. The average molecular weight is 238 g/mol. The Morgan fingerprint density at radius 2 is 2.33 bits per heavy atom. The predicted molar refractivity (Wildman–Crippen MR) is 49.6 cm³/mol. The van der Waals surface area contributed by atoms with Crippen LogP contribution in [0.25, 0.3) is 0 Å².